The van der Waals surface area contributed by atoms with E-state index in [1.807, 2.05) is 24.6 Å². The topological polar surface area (TPSA) is 29.9 Å². The Balaban J connectivity index is 0.00000200. The molecule has 110 valence electrons. The summed E-state index contributed by atoms with van der Waals surface area (Å²) in [6.45, 7) is 4.94. The molecule has 0 atom stereocenters. The number of rotatable bonds is 5. The molecule has 1 N–H and O–H groups in total. The van der Waals surface area contributed by atoms with Crippen molar-refractivity contribution in [1.82, 2.24) is 15.1 Å². The Morgan fingerprint density at radius 2 is 1.95 bits per heavy atom. The van der Waals surface area contributed by atoms with Crippen LogP contribution in [0.3, 0.4) is 0 Å². The second-order valence-electron chi connectivity index (χ2n) is 4.70. The molecular weight excluding hydrogens is 284 g/mol. The summed E-state index contributed by atoms with van der Waals surface area (Å²) in [6.07, 6.45) is 1.74. The molecule has 20 heavy (non-hydrogen) atoms. The van der Waals surface area contributed by atoms with Gasteiger partial charge in [-0.2, -0.15) is 5.10 Å². The Bertz CT molecular complexity index is 555. The van der Waals surface area contributed by atoms with Crippen LogP contribution in [0.2, 0.25) is 0 Å². The summed E-state index contributed by atoms with van der Waals surface area (Å²) >= 11 is 0. The van der Waals surface area contributed by atoms with Gasteiger partial charge in [0.25, 0.3) is 0 Å². The van der Waals surface area contributed by atoms with Crippen LogP contribution < -0.4 is 5.32 Å². The highest BCUT2D eigenvalue weighted by Gasteiger charge is 2.07. The molecule has 3 nitrogen and oxygen atoms in total. The fourth-order valence-corrected chi connectivity index (χ4v) is 1.95. The van der Waals surface area contributed by atoms with Gasteiger partial charge < -0.3 is 5.32 Å². The second kappa shape index (κ2) is 7.36. The van der Waals surface area contributed by atoms with E-state index < -0.39 is 11.6 Å². The van der Waals surface area contributed by atoms with Crippen LogP contribution in [0.4, 0.5) is 8.78 Å². The van der Waals surface area contributed by atoms with Crippen LogP contribution in [0.15, 0.2) is 30.5 Å². The Hall–Kier alpha value is -1.46. The molecule has 2 rings (SSSR count). The number of halogens is 3. The van der Waals surface area contributed by atoms with Gasteiger partial charge in [0.1, 0.15) is 11.6 Å². The molecule has 1 aromatic carbocycles. The van der Waals surface area contributed by atoms with Gasteiger partial charge in [-0.25, -0.2) is 8.78 Å². The molecule has 1 heterocycles. The van der Waals surface area contributed by atoms with E-state index in [1.165, 1.54) is 6.07 Å². The van der Waals surface area contributed by atoms with Crippen LogP contribution >= 0.6 is 12.4 Å². The number of nitrogens with zero attached hydrogens (tertiary/aromatic N) is 2. The molecule has 0 fully saturated rings. The number of hydrogen-bond donors (Lipinski definition) is 1. The minimum absolute atomic E-state index is 0. The van der Waals surface area contributed by atoms with E-state index in [4.69, 9.17) is 0 Å². The summed E-state index contributed by atoms with van der Waals surface area (Å²) in [7, 11) is 0. The van der Waals surface area contributed by atoms with Crippen molar-refractivity contribution >= 4 is 12.4 Å². The van der Waals surface area contributed by atoms with Crippen molar-refractivity contribution in [3.05, 3.63) is 53.4 Å². The van der Waals surface area contributed by atoms with Crippen molar-refractivity contribution in [3.63, 3.8) is 0 Å². The highest BCUT2D eigenvalue weighted by Crippen LogP contribution is 2.11. The zero-order chi connectivity index (χ0) is 13.8. The lowest BCUT2D eigenvalue weighted by Crippen LogP contribution is -2.18. The third kappa shape index (κ3) is 4.02. The zero-order valence-electron chi connectivity index (χ0n) is 11.4. The van der Waals surface area contributed by atoms with Gasteiger partial charge in [0.15, 0.2) is 0 Å². The second-order valence-corrected chi connectivity index (χ2v) is 4.70. The monoisotopic (exact) mass is 301 g/mol. The van der Waals surface area contributed by atoms with Crippen molar-refractivity contribution in [2.75, 3.05) is 0 Å². The largest absolute Gasteiger partial charge is 0.307 e. The van der Waals surface area contributed by atoms with Crippen LogP contribution in [-0.4, -0.2) is 9.78 Å². The Morgan fingerprint density at radius 1 is 1.20 bits per heavy atom. The normalized spacial score (nSPS) is 10.7. The number of aromatic nitrogens is 2. The maximum Gasteiger partial charge on any atom is 0.127 e. The SMILES string of the molecule is CC(C)n1nccc1CNCc1cc(F)ccc1F.Cl. The molecule has 0 spiro atoms. The molecule has 0 unspecified atom stereocenters. The van der Waals surface area contributed by atoms with E-state index >= 15 is 0 Å². The predicted molar refractivity (Wildman–Crippen MR) is 76.8 cm³/mol. The highest BCUT2D eigenvalue weighted by atomic mass is 35.5. The van der Waals surface area contributed by atoms with Crippen LogP contribution in [-0.2, 0) is 13.1 Å². The molecule has 0 radical (unpaired) electrons. The molecule has 6 heteroatoms. The molecule has 0 aliphatic carbocycles. The van der Waals surface area contributed by atoms with Gasteiger partial charge in [0.05, 0.1) is 5.69 Å². The standard InChI is InChI=1S/C14H17F2N3.ClH/c1-10(2)19-13(5-6-18-19)9-17-8-11-7-12(15)3-4-14(11)16;/h3-7,10,17H,8-9H2,1-2H3;1H. The summed E-state index contributed by atoms with van der Waals surface area (Å²) in [6, 6.07) is 5.66. The van der Waals surface area contributed by atoms with Crippen molar-refractivity contribution < 1.29 is 8.78 Å². The van der Waals surface area contributed by atoms with Gasteiger partial charge in [-0.3, -0.25) is 4.68 Å². The third-order valence-electron chi connectivity index (χ3n) is 2.87. The van der Waals surface area contributed by atoms with Crippen LogP contribution in [0.25, 0.3) is 0 Å². The number of hydrogen-bond acceptors (Lipinski definition) is 2. The van der Waals surface area contributed by atoms with Gasteiger partial charge in [-0.1, -0.05) is 0 Å². The molecule has 0 aliphatic rings. The van der Waals surface area contributed by atoms with Crippen LogP contribution in [0.1, 0.15) is 31.1 Å². The first-order valence-electron chi connectivity index (χ1n) is 6.25. The van der Waals surface area contributed by atoms with Crippen LogP contribution in [0, 0.1) is 11.6 Å². The molecule has 1 aromatic heterocycles. The van der Waals surface area contributed by atoms with E-state index in [0.29, 0.717) is 12.1 Å². The van der Waals surface area contributed by atoms with Crippen molar-refractivity contribution in [3.8, 4) is 0 Å². The minimum atomic E-state index is -0.426. The molecule has 0 saturated heterocycles. The molecule has 0 saturated carbocycles. The van der Waals surface area contributed by atoms with E-state index in [2.05, 4.69) is 10.4 Å². The maximum absolute atomic E-state index is 13.4. The lowest BCUT2D eigenvalue weighted by Gasteiger charge is -2.12. The lowest BCUT2D eigenvalue weighted by molar-refractivity contribution is 0.492. The Labute approximate surface area is 123 Å². The summed E-state index contributed by atoms with van der Waals surface area (Å²) in [5, 5.41) is 7.32. The Kier molecular flexibility index (Phi) is 6.10. The van der Waals surface area contributed by atoms with E-state index in [1.54, 1.807) is 6.20 Å². The lowest BCUT2D eigenvalue weighted by atomic mass is 10.2. The smallest absolute Gasteiger partial charge is 0.127 e. The number of benzene rings is 1. The van der Waals surface area contributed by atoms with Crippen molar-refractivity contribution in [1.29, 1.82) is 0 Å². The van der Waals surface area contributed by atoms with Gasteiger partial charge in [0, 0.05) is 30.9 Å². The highest BCUT2D eigenvalue weighted by molar-refractivity contribution is 5.85. The van der Waals surface area contributed by atoms with E-state index in [-0.39, 0.29) is 25.0 Å². The number of nitrogens with one attached hydrogen (secondary N) is 1. The maximum atomic E-state index is 13.4. The first-order valence-corrected chi connectivity index (χ1v) is 6.25. The minimum Gasteiger partial charge on any atom is -0.307 e. The third-order valence-corrected chi connectivity index (χ3v) is 2.87. The first kappa shape index (κ1) is 16.6. The average molecular weight is 302 g/mol. The average Bonchev–Trinajstić information content (AvgIpc) is 2.82. The van der Waals surface area contributed by atoms with Gasteiger partial charge in [0.2, 0.25) is 0 Å². The molecule has 0 bridgehead atoms. The fraction of sp³-hybridized carbons (Fsp3) is 0.357. The first-order chi connectivity index (χ1) is 9.08. The molecule has 0 amide bonds. The van der Waals surface area contributed by atoms with E-state index in [0.717, 1.165) is 17.8 Å². The van der Waals surface area contributed by atoms with Gasteiger partial charge >= 0.3 is 0 Å². The summed E-state index contributed by atoms with van der Waals surface area (Å²) in [4.78, 5) is 0. The van der Waals surface area contributed by atoms with E-state index in [9.17, 15) is 8.78 Å². The molecule has 2 aromatic rings. The molecule has 0 aliphatic heterocycles. The quantitative estimate of drug-likeness (QED) is 0.916. The summed E-state index contributed by atoms with van der Waals surface area (Å²) in [5.41, 5.74) is 1.35. The summed E-state index contributed by atoms with van der Waals surface area (Å²) < 4.78 is 28.3. The van der Waals surface area contributed by atoms with Crippen molar-refractivity contribution in [2.45, 2.75) is 33.0 Å². The summed E-state index contributed by atoms with van der Waals surface area (Å²) in [5.74, 6) is -0.823. The van der Waals surface area contributed by atoms with Crippen molar-refractivity contribution in [2.24, 2.45) is 0 Å². The van der Waals surface area contributed by atoms with Gasteiger partial charge in [-0.05, 0) is 38.1 Å². The van der Waals surface area contributed by atoms with Crippen LogP contribution in [0.5, 0.6) is 0 Å². The predicted octanol–water partition coefficient (Wildman–Crippen LogP) is 3.45. The fourth-order valence-electron chi connectivity index (χ4n) is 1.95. The molecular formula is C14H18ClF2N3. The Morgan fingerprint density at radius 3 is 2.65 bits per heavy atom. The zero-order valence-corrected chi connectivity index (χ0v) is 12.3. The van der Waals surface area contributed by atoms with Gasteiger partial charge in [-0.15, -0.1) is 12.4 Å².